The van der Waals surface area contributed by atoms with Crippen LogP contribution in [0.1, 0.15) is 27.2 Å². The van der Waals surface area contributed by atoms with Gasteiger partial charge in [-0.25, -0.2) is 4.98 Å². The molecule has 100 valence electrons. The lowest BCUT2D eigenvalue weighted by atomic mass is 9.79. The fraction of sp³-hybridized carbons (Fsp3) is 0.750. The number of carbonyl (C=O) groups is 1. The van der Waals surface area contributed by atoms with Crippen molar-refractivity contribution in [2.75, 3.05) is 13.1 Å². The van der Waals surface area contributed by atoms with E-state index in [1.165, 1.54) is 6.33 Å². The number of amides is 1. The molecule has 1 aromatic rings. The third-order valence-electron chi connectivity index (χ3n) is 3.92. The second kappa shape index (κ2) is 4.35. The van der Waals surface area contributed by atoms with Crippen LogP contribution < -0.4 is 0 Å². The van der Waals surface area contributed by atoms with Gasteiger partial charge in [0.1, 0.15) is 12.7 Å². The van der Waals surface area contributed by atoms with E-state index in [-0.39, 0.29) is 11.3 Å². The van der Waals surface area contributed by atoms with E-state index in [1.54, 1.807) is 22.8 Å². The minimum Gasteiger partial charge on any atom is -0.388 e. The van der Waals surface area contributed by atoms with Gasteiger partial charge in [0.2, 0.25) is 5.91 Å². The van der Waals surface area contributed by atoms with Crippen molar-refractivity contribution in [2.45, 2.75) is 39.3 Å². The van der Waals surface area contributed by atoms with Gasteiger partial charge < -0.3 is 10.0 Å². The van der Waals surface area contributed by atoms with Crippen LogP contribution in [0, 0.1) is 5.41 Å². The Labute approximate surface area is 107 Å². The monoisotopic (exact) mass is 252 g/mol. The minimum atomic E-state index is -0.823. The number of β-amino-alcohol motifs (C(OH)–C–C–N with tert-alkyl or cyclic N) is 1. The predicted octanol–water partition coefficient (Wildman–Crippen LogP) is 0.288. The molecule has 1 amide bonds. The Hall–Kier alpha value is -1.43. The highest BCUT2D eigenvalue weighted by molar-refractivity contribution is 5.76. The Morgan fingerprint density at radius 3 is 2.61 bits per heavy atom. The summed E-state index contributed by atoms with van der Waals surface area (Å²) in [6.45, 7) is 7.28. The van der Waals surface area contributed by atoms with E-state index in [2.05, 4.69) is 10.1 Å². The summed E-state index contributed by atoms with van der Waals surface area (Å²) in [7, 11) is 0. The van der Waals surface area contributed by atoms with E-state index in [4.69, 9.17) is 0 Å². The fourth-order valence-electron chi connectivity index (χ4n) is 2.18. The first-order valence-electron chi connectivity index (χ1n) is 6.14. The molecule has 1 aliphatic rings. The average molecular weight is 252 g/mol. The van der Waals surface area contributed by atoms with Crippen LogP contribution in [0.4, 0.5) is 0 Å². The molecule has 1 fully saturated rings. The number of aryl methyl sites for hydroxylation is 1. The number of hydrogen-bond donors (Lipinski definition) is 1. The molecule has 1 aliphatic heterocycles. The van der Waals surface area contributed by atoms with Crippen LogP contribution in [0.2, 0.25) is 0 Å². The largest absolute Gasteiger partial charge is 0.388 e. The van der Waals surface area contributed by atoms with Crippen molar-refractivity contribution in [1.29, 1.82) is 0 Å². The quantitative estimate of drug-likeness (QED) is 0.839. The van der Waals surface area contributed by atoms with Crippen molar-refractivity contribution in [3.63, 3.8) is 0 Å². The standard InChI is InChI=1S/C12H20N4O2/c1-11(2)6-15(7-12(11,3)18)10(17)4-5-16-9-13-8-14-16/h8-9,18H,4-7H2,1-3H3. The molecule has 0 bridgehead atoms. The summed E-state index contributed by atoms with van der Waals surface area (Å²) in [6, 6.07) is 0. The van der Waals surface area contributed by atoms with E-state index in [0.29, 0.717) is 26.1 Å². The maximum Gasteiger partial charge on any atom is 0.224 e. The van der Waals surface area contributed by atoms with Crippen molar-refractivity contribution in [1.82, 2.24) is 19.7 Å². The molecular formula is C12H20N4O2. The fourth-order valence-corrected chi connectivity index (χ4v) is 2.18. The Bertz CT molecular complexity index is 409. The van der Waals surface area contributed by atoms with E-state index < -0.39 is 5.60 Å². The number of carbonyl (C=O) groups excluding carboxylic acids is 1. The van der Waals surface area contributed by atoms with E-state index in [1.807, 2.05) is 13.8 Å². The smallest absolute Gasteiger partial charge is 0.224 e. The van der Waals surface area contributed by atoms with Gasteiger partial charge in [-0.3, -0.25) is 9.48 Å². The lowest BCUT2D eigenvalue weighted by Crippen LogP contribution is -2.40. The van der Waals surface area contributed by atoms with Gasteiger partial charge in [-0.05, 0) is 6.92 Å². The van der Waals surface area contributed by atoms with Crippen molar-refractivity contribution in [2.24, 2.45) is 5.41 Å². The topological polar surface area (TPSA) is 71.2 Å². The highest BCUT2D eigenvalue weighted by atomic mass is 16.3. The van der Waals surface area contributed by atoms with Crippen LogP contribution in [0.15, 0.2) is 12.7 Å². The van der Waals surface area contributed by atoms with Crippen molar-refractivity contribution in [3.8, 4) is 0 Å². The molecule has 0 aromatic carbocycles. The zero-order chi connectivity index (χ0) is 13.4. The molecule has 0 radical (unpaired) electrons. The van der Waals surface area contributed by atoms with Gasteiger partial charge in [-0.1, -0.05) is 13.8 Å². The molecule has 0 spiro atoms. The van der Waals surface area contributed by atoms with Gasteiger partial charge in [-0.15, -0.1) is 0 Å². The van der Waals surface area contributed by atoms with Crippen LogP contribution in [-0.2, 0) is 11.3 Å². The summed E-state index contributed by atoms with van der Waals surface area (Å²) in [6.07, 6.45) is 3.43. The second-order valence-electron chi connectivity index (χ2n) is 5.82. The van der Waals surface area contributed by atoms with Gasteiger partial charge >= 0.3 is 0 Å². The maximum absolute atomic E-state index is 12.1. The van der Waals surface area contributed by atoms with Crippen LogP contribution in [-0.4, -0.2) is 49.4 Å². The van der Waals surface area contributed by atoms with Crippen LogP contribution in [0.3, 0.4) is 0 Å². The summed E-state index contributed by atoms with van der Waals surface area (Å²) in [5.41, 5.74) is -1.09. The Balaban J connectivity index is 1.92. The van der Waals surface area contributed by atoms with Gasteiger partial charge in [0, 0.05) is 24.9 Å². The molecule has 1 unspecified atom stereocenters. The summed E-state index contributed by atoms with van der Waals surface area (Å²) in [5, 5.41) is 14.2. The Morgan fingerprint density at radius 1 is 1.39 bits per heavy atom. The Kier molecular flexibility index (Phi) is 3.14. The summed E-state index contributed by atoms with van der Waals surface area (Å²) >= 11 is 0. The molecule has 0 aliphatic carbocycles. The van der Waals surface area contributed by atoms with Crippen LogP contribution in [0.25, 0.3) is 0 Å². The first-order valence-corrected chi connectivity index (χ1v) is 6.14. The lowest BCUT2D eigenvalue weighted by Gasteiger charge is -2.30. The Morgan fingerprint density at radius 2 is 2.11 bits per heavy atom. The molecule has 6 heteroatoms. The number of aromatic nitrogens is 3. The number of likely N-dealkylation sites (tertiary alicyclic amines) is 1. The van der Waals surface area contributed by atoms with E-state index >= 15 is 0 Å². The van der Waals surface area contributed by atoms with Gasteiger partial charge in [0.15, 0.2) is 0 Å². The lowest BCUT2D eigenvalue weighted by molar-refractivity contribution is -0.131. The SMILES string of the molecule is CC1(C)CN(C(=O)CCn2cncn2)CC1(C)O. The molecule has 6 nitrogen and oxygen atoms in total. The van der Waals surface area contributed by atoms with Crippen LogP contribution in [0.5, 0.6) is 0 Å². The number of aliphatic hydroxyl groups is 1. The third kappa shape index (κ3) is 2.38. The normalized spacial score (nSPS) is 26.6. The van der Waals surface area contributed by atoms with Crippen LogP contribution >= 0.6 is 0 Å². The molecule has 1 aromatic heterocycles. The predicted molar refractivity (Wildman–Crippen MR) is 65.6 cm³/mol. The summed E-state index contributed by atoms with van der Waals surface area (Å²) in [5.74, 6) is 0.0522. The van der Waals surface area contributed by atoms with Gasteiger partial charge in [-0.2, -0.15) is 5.10 Å². The molecule has 2 rings (SSSR count). The first-order chi connectivity index (χ1) is 8.32. The molecule has 1 saturated heterocycles. The van der Waals surface area contributed by atoms with Gasteiger partial charge in [0.25, 0.3) is 0 Å². The summed E-state index contributed by atoms with van der Waals surface area (Å²) in [4.78, 5) is 17.6. The molecule has 18 heavy (non-hydrogen) atoms. The highest BCUT2D eigenvalue weighted by Crippen LogP contribution is 2.38. The number of hydrogen-bond acceptors (Lipinski definition) is 4. The average Bonchev–Trinajstić information content (AvgIpc) is 2.82. The van der Waals surface area contributed by atoms with Crippen molar-refractivity contribution in [3.05, 3.63) is 12.7 Å². The minimum absolute atomic E-state index is 0.0522. The molecule has 1 atom stereocenters. The maximum atomic E-state index is 12.1. The summed E-state index contributed by atoms with van der Waals surface area (Å²) < 4.78 is 1.64. The third-order valence-corrected chi connectivity index (χ3v) is 3.92. The molecular weight excluding hydrogens is 232 g/mol. The zero-order valence-electron chi connectivity index (χ0n) is 11.1. The second-order valence-corrected chi connectivity index (χ2v) is 5.82. The zero-order valence-corrected chi connectivity index (χ0v) is 11.1. The van der Waals surface area contributed by atoms with E-state index in [0.717, 1.165) is 0 Å². The van der Waals surface area contributed by atoms with Gasteiger partial charge in [0.05, 0.1) is 12.1 Å². The molecule has 0 saturated carbocycles. The molecule has 2 heterocycles. The number of nitrogens with zero attached hydrogens (tertiary/aromatic N) is 4. The van der Waals surface area contributed by atoms with Crippen molar-refractivity contribution < 1.29 is 9.90 Å². The number of rotatable bonds is 3. The molecule has 1 N–H and O–H groups in total. The first kappa shape index (κ1) is 13.0. The highest BCUT2D eigenvalue weighted by Gasteiger charge is 2.48. The van der Waals surface area contributed by atoms with Crippen molar-refractivity contribution >= 4 is 5.91 Å². The van der Waals surface area contributed by atoms with E-state index in [9.17, 15) is 9.90 Å².